The Morgan fingerprint density at radius 3 is 2.03 bits per heavy atom. The van der Waals surface area contributed by atoms with Gasteiger partial charge in [-0.05, 0) is 17.2 Å². The number of carbonyl (C=O) groups excluding carboxylic acids is 1. The number of hydrogen-bond donors (Lipinski definition) is 1. The van der Waals surface area contributed by atoms with Gasteiger partial charge in [0.1, 0.15) is 0 Å². The second-order valence-electron chi connectivity index (χ2n) is 7.99. The van der Waals surface area contributed by atoms with Crippen molar-refractivity contribution in [3.8, 4) is 22.5 Å². The molecule has 1 amide bonds. The van der Waals surface area contributed by atoms with Gasteiger partial charge in [-0.15, -0.1) is 10.2 Å². The molecule has 0 unspecified atom stereocenters. The smallest absolute Gasteiger partial charge is 0.234 e. The topological polar surface area (TPSA) is 59.8 Å². The van der Waals surface area contributed by atoms with E-state index in [9.17, 15) is 4.79 Å². The molecule has 0 saturated carbocycles. The summed E-state index contributed by atoms with van der Waals surface area (Å²) in [6.07, 6.45) is 0. The van der Waals surface area contributed by atoms with E-state index in [1.807, 2.05) is 103 Å². The van der Waals surface area contributed by atoms with Crippen LogP contribution in [0.1, 0.15) is 5.56 Å². The van der Waals surface area contributed by atoms with Crippen molar-refractivity contribution in [1.82, 2.24) is 14.8 Å². The minimum absolute atomic E-state index is 0.0890. The first-order valence-corrected chi connectivity index (χ1v) is 12.4. The van der Waals surface area contributed by atoms with Crippen LogP contribution in [0.4, 0.5) is 5.69 Å². The molecule has 0 aliphatic rings. The van der Waals surface area contributed by atoms with Crippen LogP contribution in [0.15, 0.2) is 120 Å². The predicted octanol–water partition coefficient (Wildman–Crippen LogP) is 6.39. The van der Waals surface area contributed by atoms with Gasteiger partial charge in [-0.3, -0.25) is 9.36 Å². The Balaban J connectivity index is 1.35. The highest BCUT2D eigenvalue weighted by Crippen LogP contribution is 2.29. The number of benzene rings is 4. The number of carbonyl (C=O) groups is 1. The molecule has 0 radical (unpaired) electrons. The molecule has 35 heavy (non-hydrogen) atoms. The molecule has 0 fully saturated rings. The summed E-state index contributed by atoms with van der Waals surface area (Å²) in [6, 6.07) is 38.1. The van der Waals surface area contributed by atoms with Crippen LogP contribution in [0.3, 0.4) is 0 Å². The lowest BCUT2D eigenvalue weighted by atomic mass is 10.0. The third kappa shape index (κ3) is 5.50. The molecule has 5 rings (SSSR count). The average molecular weight is 477 g/mol. The van der Waals surface area contributed by atoms with Gasteiger partial charge < -0.3 is 5.32 Å². The van der Waals surface area contributed by atoms with Gasteiger partial charge in [0, 0.05) is 16.8 Å². The van der Waals surface area contributed by atoms with Crippen molar-refractivity contribution < 1.29 is 4.79 Å². The number of hydrogen-bond acceptors (Lipinski definition) is 4. The van der Waals surface area contributed by atoms with E-state index < -0.39 is 0 Å². The fourth-order valence-corrected chi connectivity index (χ4v) is 4.62. The van der Waals surface area contributed by atoms with E-state index in [-0.39, 0.29) is 11.7 Å². The van der Waals surface area contributed by atoms with E-state index in [1.54, 1.807) is 0 Å². The normalized spacial score (nSPS) is 10.7. The van der Waals surface area contributed by atoms with Crippen LogP contribution in [-0.4, -0.2) is 26.4 Å². The number of nitrogens with one attached hydrogen (secondary N) is 1. The molecule has 0 bridgehead atoms. The lowest BCUT2D eigenvalue weighted by Gasteiger charge is -2.12. The summed E-state index contributed by atoms with van der Waals surface area (Å²) >= 11 is 1.39. The zero-order chi connectivity index (χ0) is 23.9. The summed E-state index contributed by atoms with van der Waals surface area (Å²) < 4.78 is 2.07. The number of anilines is 1. The minimum Gasteiger partial charge on any atom is -0.325 e. The third-order valence-electron chi connectivity index (χ3n) is 5.55. The van der Waals surface area contributed by atoms with E-state index in [0.717, 1.165) is 33.8 Å². The number of nitrogens with zero attached hydrogens (tertiary/aromatic N) is 3. The van der Waals surface area contributed by atoms with Gasteiger partial charge in [0.2, 0.25) is 5.91 Å². The fraction of sp³-hybridized carbons (Fsp3) is 0.0690. The molecule has 5 aromatic rings. The maximum absolute atomic E-state index is 12.9. The van der Waals surface area contributed by atoms with Gasteiger partial charge in [0.25, 0.3) is 0 Å². The zero-order valence-electron chi connectivity index (χ0n) is 19.0. The van der Waals surface area contributed by atoms with Crippen LogP contribution < -0.4 is 5.32 Å². The largest absolute Gasteiger partial charge is 0.325 e. The molecule has 1 aromatic heterocycles. The van der Waals surface area contributed by atoms with Crippen LogP contribution in [0.2, 0.25) is 0 Å². The zero-order valence-corrected chi connectivity index (χ0v) is 19.9. The highest BCUT2D eigenvalue weighted by atomic mass is 32.2. The van der Waals surface area contributed by atoms with Gasteiger partial charge >= 0.3 is 0 Å². The molecule has 1 heterocycles. The monoisotopic (exact) mass is 476 g/mol. The van der Waals surface area contributed by atoms with Crippen LogP contribution >= 0.6 is 11.8 Å². The first-order chi connectivity index (χ1) is 17.3. The number of thioether (sulfide) groups is 1. The highest BCUT2D eigenvalue weighted by molar-refractivity contribution is 7.99. The first kappa shape index (κ1) is 22.6. The second kappa shape index (κ2) is 10.8. The van der Waals surface area contributed by atoms with Crippen LogP contribution in [0.25, 0.3) is 22.5 Å². The summed E-state index contributed by atoms with van der Waals surface area (Å²) in [5, 5.41) is 12.7. The van der Waals surface area contributed by atoms with Crippen LogP contribution in [0.5, 0.6) is 0 Å². The fourth-order valence-electron chi connectivity index (χ4n) is 3.88. The van der Waals surface area contributed by atoms with Gasteiger partial charge in [-0.1, -0.05) is 121 Å². The standard InChI is InChI=1S/C29H24N4OS/c34-27(30-26-19-11-10-18-25(26)23-14-6-2-7-15-23)21-35-29-32-31-28(24-16-8-3-9-17-24)33(29)20-22-12-4-1-5-13-22/h1-19H,20-21H2,(H,30,34). The van der Waals surface area contributed by atoms with Crippen molar-refractivity contribution in [2.24, 2.45) is 0 Å². The number of rotatable bonds is 8. The van der Waals surface area contributed by atoms with E-state index in [0.29, 0.717) is 11.7 Å². The Morgan fingerprint density at radius 1 is 0.714 bits per heavy atom. The summed E-state index contributed by atoms with van der Waals surface area (Å²) in [7, 11) is 0. The van der Waals surface area contributed by atoms with E-state index in [4.69, 9.17) is 0 Å². The van der Waals surface area contributed by atoms with Crippen molar-refractivity contribution in [2.45, 2.75) is 11.7 Å². The third-order valence-corrected chi connectivity index (χ3v) is 6.52. The molecular weight excluding hydrogens is 452 g/mol. The Hall–Kier alpha value is -4.16. The lowest BCUT2D eigenvalue weighted by Crippen LogP contribution is -2.15. The van der Waals surface area contributed by atoms with E-state index in [2.05, 4.69) is 32.2 Å². The van der Waals surface area contributed by atoms with Crippen molar-refractivity contribution in [3.63, 3.8) is 0 Å². The van der Waals surface area contributed by atoms with Crippen molar-refractivity contribution in [2.75, 3.05) is 11.1 Å². The van der Waals surface area contributed by atoms with Gasteiger partial charge in [-0.25, -0.2) is 0 Å². The molecule has 4 aromatic carbocycles. The van der Waals surface area contributed by atoms with Crippen molar-refractivity contribution in [3.05, 3.63) is 121 Å². The van der Waals surface area contributed by atoms with Crippen LogP contribution in [0, 0.1) is 0 Å². The Bertz CT molecular complexity index is 1400. The summed E-state index contributed by atoms with van der Waals surface area (Å²) in [5.41, 5.74) is 4.98. The molecule has 5 nitrogen and oxygen atoms in total. The van der Waals surface area contributed by atoms with Gasteiger partial charge in [0.05, 0.1) is 12.3 Å². The maximum Gasteiger partial charge on any atom is 0.234 e. The molecule has 6 heteroatoms. The summed E-state index contributed by atoms with van der Waals surface area (Å²) in [6.45, 7) is 0.624. The Morgan fingerprint density at radius 2 is 1.31 bits per heavy atom. The summed E-state index contributed by atoms with van der Waals surface area (Å²) in [5.74, 6) is 0.922. The quantitative estimate of drug-likeness (QED) is 0.264. The van der Waals surface area contributed by atoms with Crippen LogP contribution in [-0.2, 0) is 11.3 Å². The second-order valence-corrected chi connectivity index (χ2v) is 8.93. The first-order valence-electron chi connectivity index (χ1n) is 11.4. The van der Waals surface area contributed by atoms with E-state index >= 15 is 0 Å². The Kier molecular flexibility index (Phi) is 7.01. The Labute approximate surface area is 208 Å². The summed E-state index contributed by atoms with van der Waals surface area (Å²) in [4.78, 5) is 12.9. The lowest BCUT2D eigenvalue weighted by molar-refractivity contribution is -0.113. The van der Waals surface area contributed by atoms with E-state index in [1.165, 1.54) is 11.8 Å². The maximum atomic E-state index is 12.9. The molecule has 172 valence electrons. The average Bonchev–Trinajstić information content (AvgIpc) is 3.31. The van der Waals surface area contributed by atoms with Gasteiger partial charge in [-0.2, -0.15) is 0 Å². The van der Waals surface area contributed by atoms with Crippen molar-refractivity contribution >= 4 is 23.4 Å². The number of para-hydroxylation sites is 1. The molecule has 1 N–H and O–H groups in total. The molecule has 0 aliphatic carbocycles. The SMILES string of the molecule is O=C(CSc1nnc(-c2ccccc2)n1Cc1ccccc1)Nc1ccccc1-c1ccccc1. The predicted molar refractivity (Wildman–Crippen MR) is 142 cm³/mol. The number of amides is 1. The molecule has 0 saturated heterocycles. The van der Waals surface area contributed by atoms with Gasteiger partial charge in [0.15, 0.2) is 11.0 Å². The van der Waals surface area contributed by atoms with Crippen molar-refractivity contribution in [1.29, 1.82) is 0 Å². The minimum atomic E-state index is -0.0890. The molecular formula is C29H24N4OS. The molecule has 0 aliphatic heterocycles. The molecule has 0 atom stereocenters. The number of aromatic nitrogens is 3. The highest BCUT2D eigenvalue weighted by Gasteiger charge is 2.17. The molecule has 0 spiro atoms.